The van der Waals surface area contributed by atoms with E-state index in [2.05, 4.69) is 30.4 Å². The second kappa shape index (κ2) is 8.16. The van der Waals surface area contributed by atoms with Gasteiger partial charge in [-0.1, -0.05) is 48.4 Å². The van der Waals surface area contributed by atoms with Gasteiger partial charge < -0.3 is 5.32 Å². The minimum atomic E-state index is -3.85. The average molecular weight is 360 g/mol. The number of aryl methyl sites for hydroxylation is 3. The van der Waals surface area contributed by atoms with E-state index >= 15 is 0 Å². The first-order chi connectivity index (χ1) is 11.8. The molecule has 0 aliphatic rings. The van der Waals surface area contributed by atoms with Gasteiger partial charge in [0.15, 0.2) is 0 Å². The molecule has 0 aliphatic carbocycles. The molecule has 0 bridgehead atoms. The Morgan fingerprint density at radius 2 is 1.60 bits per heavy atom. The monoisotopic (exact) mass is 360 g/mol. The van der Waals surface area contributed by atoms with E-state index in [9.17, 15) is 13.2 Å². The van der Waals surface area contributed by atoms with E-state index in [0.717, 1.165) is 17.5 Å². The molecule has 0 fully saturated rings. The minimum Gasteiger partial charge on any atom is -0.337 e. The lowest BCUT2D eigenvalue weighted by atomic mass is 10.0. The molecular weight excluding hydrogens is 336 g/mol. The number of nitrogens with one attached hydrogen (secondary N) is 2. The number of sulfonamides is 1. The van der Waals surface area contributed by atoms with Gasteiger partial charge in [-0.15, -0.1) is 0 Å². The molecule has 2 aromatic rings. The SMILES string of the molecule is CCc1cc(C)cc(CCNC(=O)NS(=O)(=O)c2ccc(C)cc2)c1. The molecule has 25 heavy (non-hydrogen) atoms. The molecule has 0 aliphatic heterocycles. The van der Waals surface area contributed by atoms with Crippen LogP contribution in [0.2, 0.25) is 0 Å². The number of rotatable bonds is 6. The van der Waals surface area contributed by atoms with Crippen molar-refractivity contribution in [1.82, 2.24) is 10.0 Å². The fraction of sp³-hybridized carbons (Fsp3) is 0.316. The second-order valence-electron chi connectivity index (χ2n) is 6.10. The summed E-state index contributed by atoms with van der Waals surface area (Å²) >= 11 is 0. The summed E-state index contributed by atoms with van der Waals surface area (Å²) in [6.45, 7) is 6.37. The molecule has 2 aromatic carbocycles. The van der Waals surface area contributed by atoms with Crippen molar-refractivity contribution in [2.45, 2.75) is 38.5 Å². The zero-order valence-electron chi connectivity index (χ0n) is 14.8. The third-order valence-electron chi connectivity index (χ3n) is 3.86. The highest BCUT2D eigenvalue weighted by Gasteiger charge is 2.16. The zero-order valence-corrected chi connectivity index (χ0v) is 15.6. The largest absolute Gasteiger partial charge is 0.337 e. The summed E-state index contributed by atoms with van der Waals surface area (Å²) in [6.07, 6.45) is 1.60. The standard InChI is InChI=1S/C19H24N2O3S/c1-4-16-11-15(3)12-17(13-16)9-10-20-19(22)21-25(23,24)18-7-5-14(2)6-8-18/h5-8,11-13H,4,9-10H2,1-3H3,(H2,20,21,22). The maximum Gasteiger partial charge on any atom is 0.328 e. The van der Waals surface area contributed by atoms with E-state index in [4.69, 9.17) is 0 Å². The summed E-state index contributed by atoms with van der Waals surface area (Å²) in [5, 5.41) is 2.60. The Hall–Kier alpha value is -2.34. The Labute approximate surface area is 149 Å². The Bertz CT molecular complexity index is 843. The summed E-state index contributed by atoms with van der Waals surface area (Å²) < 4.78 is 26.3. The normalized spacial score (nSPS) is 11.2. The molecule has 6 heteroatoms. The highest BCUT2D eigenvalue weighted by atomic mass is 32.2. The van der Waals surface area contributed by atoms with Crippen molar-refractivity contribution >= 4 is 16.1 Å². The molecule has 0 atom stereocenters. The van der Waals surface area contributed by atoms with Crippen LogP contribution in [-0.4, -0.2) is 21.0 Å². The van der Waals surface area contributed by atoms with Crippen molar-refractivity contribution in [3.05, 3.63) is 64.7 Å². The van der Waals surface area contributed by atoms with Crippen molar-refractivity contribution in [3.8, 4) is 0 Å². The van der Waals surface area contributed by atoms with Crippen LogP contribution in [0.3, 0.4) is 0 Å². The minimum absolute atomic E-state index is 0.0690. The van der Waals surface area contributed by atoms with Crippen LogP contribution in [0.25, 0.3) is 0 Å². The second-order valence-corrected chi connectivity index (χ2v) is 7.79. The van der Waals surface area contributed by atoms with Gasteiger partial charge in [0.2, 0.25) is 0 Å². The van der Waals surface area contributed by atoms with Gasteiger partial charge in [-0.05, 0) is 49.9 Å². The first-order valence-electron chi connectivity index (χ1n) is 8.27. The maximum atomic E-state index is 12.1. The number of urea groups is 1. The summed E-state index contributed by atoms with van der Waals surface area (Å²) in [6, 6.07) is 11.9. The van der Waals surface area contributed by atoms with E-state index in [1.165, 1.54) is 23.3 Å². The van der Waals surface area contributed by atoms with Gasteiger partial charge in [-0.25, -0.2) is 17.9 Å². The Balaban J connectivity index is 1.90. The van der Waals surface area contributed by atoms with Crippen LogP contribution in [0, 0.1) is 13.8 Å². The molecule has 0 spiro atoms. The van der Waals surface area contributed by atoms with E-state index in [-0.39, 0.29) is 4.90 Å². The van der Waals surface area contributed by atoms with E-state index < -0.39 is 16.1 Å². The van der Waals surface area contributed by atoms with E-state index in [0.29, 0.717) is 13.0 Å². The number of hydrogen-bond acceptors (Lipinski definition) is 3. The lowest BCUT2D eigenvalue weighted by Crippen LogP contribution is -2.40. The Kier molecular flexibility index (Phi) is 6.20. The molecule has 2 amide bonds. The van der Waals surface area contributed by atoms with Gasteiger partial charge in [-0.2, -0.15) is 0 Å². The predicted molar refractivity (Wildman–Crippen MR) is 99.2 cm³/mol. The fourth-order valence-corrected chi connectivity index (χ4v) is 3.48. The van der Waals surface area contributed by atoms with Gasteiger partial charge in [-0.3, -0.25) is 0 Å². The van der Waals surface area contributed by atoms with Crippen LogP contribution in [0.1, 0.15) is 29.2 Å². The quantitative estimate of drug-likeness (QED) is 0.831. The highest BCUT2D eigenvalue weighted by Crippen LogP contribution is 2.11. The van der Waals surface area contributed by atoms with Gasteiger partial charge in [0, 0.05) is 6.54 Å². The molecule has 0 heterocycles. The molecule has 0 radical (unpaired) electrons. The number of carbonyl (C=O) groups excluding carboxylic acids is 1. The van der Waals surface area contributed by atoms with Crippen molar-refractivity contribution in [2.24, 2.45) is 0 Å². The van der Waals surface area contributed by atoms with Crippen LogP contribution in [-0.2, 0) is 22.9 Å². The summed E-state index contributed by atoms with van der Waals surface area (Å²) in [4.78, 5) is 11.9. The first kappa shape index (κ1) is 19.0. The topological polar surface area (TPSA) is 75.3 Å². The Morgan fingerprint density at radius 3 is 2.24 bits per heavy atom. The third kappa shape index (κ3) is 5.60. The van der Waals surface area contributed by atoms with Crippen LogP contribution in [0.15, 0.2) is 47.4 Å². The van der Waals surface area contributed by atoms with Crippen molar-refractivity contribution < 1.29 is 13.2 Å². The van der Waals surface area contributed by atoms with E-state index in [1.54, 1.807) is 12.1 Å². The average Bonchev–Trinajstić information content (AvgIpc) is 2.54. The molecule has 5 nitrogen and oxygen atoms in total. The van der Waals surface area contributed by atoms with Gasteiger partial charge in [0.1, 0.15) is 0 Å². The number of benzene rings is 2. The van der Waals surface area contributed by atoms with Crippen LogP contribution in [0.4, 0.5) is 4.79 Å². The summed E-state index contributed by atoms with van der Waals surface area (Å²) in [5.74, 6) is 0. The predicted octanol–water partition coefficient (Wildman–Crippen LogP) is 3.10. The zero-order chi connectivity index (χ0) is 18.4. The number of amides is 2. The first-order valence-corrected chi connectivity index (χ1v) is 9.75. The highest BCUT2D eigenvalue weighted by molar-refractivity contribution is 7.90. The van der Waals surface area contributed by atoms with Crippen molar-refractivity contribution in [1.29, 1.82) is 0 Å². The Morgan fingerprint density at radius 1 is 0.960 bits per heavy atom. The molecule has 0 unspecified atom stereocenters. The van der Waals surface area contributed by atoms with Crippen molar-refractivity contribution in [2.75, 3.05) is 6.54 Å². The molecule has 2 rings (SSSR count). The lowest BCUT2D eigenvalue weighted by Gasteiger charge is -2.10. The van der Waals surface area contributed by atoms with Gasteiger partial charge in [0.25, 0.3) is 10.0 Å². The lowest BCUT2D eigenvalue weighted by molar-refractivity contribution is 0.246. The van der Waals surface area contributed by atoms with Gasteiger partial charge in [0.05, 0.1) is 4.90 Å². The van der Waals surface area contributed by atoms with Crippen molar-refractivity contribution in [3.63, 3.8) is 0 Å². The molecule has 2 N–H and O–H groups in total. The summed E-state index contributed by atoms with van der Waals surface area (Å²) in [7, 11) is -3.85. The molecule has 0 aromatic heterocycles. The van der Waals surface area contributed by atoms with E-state index in [1.807, 2.05) is 18.6 Å². The molecule has 0 saturated heterocycles. The molecule has 0 saturated carbocycles. The smallest absolute Gasteiger partial charge is 0.328 e. The van der Waals surface area contributed by atoms with Crippen LogP contribution < -0.4 is 10.0 Å². The fourth-order valence-electron chi connectivity index (χ4n) is 2.55. The maximum absolute atomic E-state index is 12.1. The van der Waals surface area contributed by atoms with Crippen LogP contribution in [0.5, 0.6) is 0 Å². The van der Waals surface area contributed by atoms with Crippen LogP contribution >= 0.6 is 0 Å². The molecular formula is C19H24N2O3S. The summed E-state index contributed by atoms with van der Waals surface area (Å²) in [5.41, 5.74) is 4.51. The molecule has 134 valence electrons. The number of hydrogen-bond donors (Lipinski definition) is 2. The third-order valence-corrected chi connectivity index (χ3v) is 5.21. The number of carbonyl (C=O) groups is 1. The van der Waals surface area contributed by atoms with Gasteiger partial charge >= 0.3 is 6.03 Å².